The second-order valence-corrected chi connectivity index (χ2v) is 4.65. The molecule has 0 amide bonds. The molecule has 1 saturated carbocycles. The molecular weight excluding hydrogens is 250 g/mol. The number of rotatable bonds is 2. The molecule has 96 valence electrons. The molecule has 18 heavy (non-hydrogen) atoms. The van der Waals surface area contributed by atoms with Gasteiger partial charge in [-0.25, -0.2) is 0 Å². The van der Waals surface area contributed by atoms with Gasteiger partial charge in [0, 0.05) is 5.56 Å². The molecule has 0 aliphatic heterocycles. The highest BCUT2D eigenvalue weighted by Crippen LogP contribution is 2.35. The normalized spacial score (nSPS) is 17.4. The SMILES string of the molecule is Cl.NC1(c2noc(-c3ccccc3)n2)CCCC1. The van der Waals surface area contributed by atoms with Crippen LogP contribution < -0.4 is 5.73 Å². The van der Waals surface area contributed by atoms with E-state index in [2.05, 4.69) is 10.1 Å². The Labute approximate surface area is 112 Å². The predicted molar refractivity (Wildman–Crippen MR) is 71.3 cm³/mol. The molecule has 4 nitrogen and oxygen atoms in total. The van der Waals surface area contributed by atoms with E-state index < -0.39 is 0 Å². The third-order valence-electron chi connectivity index (χ3n) is 3.39. The molecule has 1 aromatic heterocycles. The zero-order valence-electron chi connectivity index (χ0n) is 10.0. The van der Waals surface area contributed by atoms with Crippen LogP contribution in [0.15, 0.2) is 34.9 Å². The molecule has 0 radical (unpaired) electrons. The summed E-state index contributed by atoms with van der Waals surface area (Å²) in [5, 5.41) is 4.04. The van der Waals surface area contributed by atoms with Gasteiger partial charge in [-0.1, -0.05) is 36.2 Å². The first kappa shape index (κ1) is 13.1. The predicted octanol–water partition coefficient (Wildman–Crippen LogP) is 2.89. The van der Waals surface area contributed by atoms with Gasteiger partial charge >= 0.3 is 0 Å². The molecule has 1 aliphatic rings. The van der Waals surface area contributed by atoms with E-state index in [1.54, 1.807) is 0 Å². The van der Waals surface area contributed by atoms with Gasteiger partial charge in [0.15, 0.2) is 5.82 Å². The van der Waals surface area contributed by atoms with Crippen LogP contribution in [0, 0.1) is 0 Å². The Bertz CT molecular complexity index is 506. The van der Waals surface area contributed by atoms with E-state index >= 15 is 0 Å². The lowest BCUT2D eigenvalue weighted by Crippen LogP contribution is -2.34. The number of halogens is 1. The zero-order valence-corrected chi connectivity index (χ0v) is 10.8. The lowest BCUT2D eigenvalue weighted by molar-refractivity contribution is 0.372. The Hall–Kier alpha value is -1.39. The summed E-state index contributed by atoms with van der Waals surface area (Å²) in [5.41, 5.74) is 6.85. The van der Waals surface area contributed by atoms with E-state index in [-0.39, 0.29) is 17.9 Å². The lowest BCUT2D eigenvalue weighted by Gasteiger charge is -2.17. The van der Waals surface area contributed by atoms with E-state index in [1.165, 1.54) is 0 Å². The Kier molecular flexibility index (Phi) is 3.68. The first-order valence-corrected chi connectivity index (χ1v) is 5.96. The standard InChI is InChI=1S/C13H15N3O.ClH/c14-13(8-4-5-9-13)12-15-11(17-16-12)10-6-2-1-3-7-10;/h1-3,6-7H,4-5,8-9,14H2;1H. The average molecular weight is 266 g/mol. The quantitative estimate of drug-likeness (QED) is 0.907. The fourth-order valence-corrected chi connectivity index (χ4v) is 2.35. The van der Waals surface area contributed by atoms with Crippen LogP contribution in [0.3, 0.4) is 0 Å². The molecule has 0 saturated heterocycles. The number of hydrogen-bond donors (Lipinski definition) is 1. The third kappa shape index (κ3) is 2.26. The summed E-state index contributed by atoms with van der Waals surface area (Å²) in [6.07, 6.45) is 4.18. The molecule has 3 rings (SSSR count). The fraction of sp³-hybridized carbons (Fsp3) is 0.385. The van der Waals surface area contributed by atoms with Gasteiger partial charge in [-0.3, -0.25) is 0 Å². The summed E-state index contributed by atoms with van der Waals surface area (Å²) in [7, 11) is 0. The Balaban J connectivity index is 0.00000120. The van der Waals surface area contributed by atoms with Crippen molar-refractivity contribution in [1.82, 2.24) is 10.1 Å². The summed E-state index contributed by atoms with van der Waals surface area (Å²) in [5.74, 6) is 1.20. The molecule has 0 atom stereocenters. The molecule has 1 aromatic carbocycles. The minimum Gasteiger partial charge on any atom is -0.334 e. The van der Waals surface area contributed by atoms with Crippen molar-refractivity contribution >= 4 is 12.4 Å². The van der Waals surface area contributed by atoms with Crippen molar-refractivity contribution in [1.29, 1.82) is 0 Å². The Morgan fingerprint density at radius 2 is 1.78 bits per heavy atom. The van der Waals surface area contributed by atoms with Crippen molar-refractivity contribution in [3.8, 4) is 11.5 Å². The van der Waals surface area contributed by atoms with Crippen molar-refractivity contribution in [2.75, 3.05) is 0 Å². The number of hydrogen-bond acceptors (Lipinski definition) is 4. The van der Waals surface area contributed by atoms with E-state index in [0.29, 0.717) is 11.7 Å². The Morgan fingerprint density at radius 3 is 2.44 bits per heavy atom. The van der Waals surface area contributed by atoms with Gasteiger partial charge < -0.3 is 10.3 Å². The largest absolute Gasteiger partial charge is 0.334 e. The van der Waals surface area contributed by atoms with Crippen molar-refractivity contribution in [2.45, 2.75) is 31.2 Å². The second-order valence-electron chi connectivity index (χ2n) is 4.65. The van der Waals surface area contributed by atoms with Crippen LogP contribution in [0.2, 0.25) is 0 Å². The van der Waals surface area contributed by atoms with E-state index in [0.717, 1.165) is 31.2 Å². The molecule has 0 spiro atoms. The fourth-order valence-electron chi connectivity index (χ4n) is 2.35. The minimum absolute atomic E-state index is 0. The van der Waals surface area contributed by atoms with Gasteiger partial charge in [0.25, 0.3) is 5.89 Å². The minimum atomic E-state index is -0.378. The number of benzene rings is 1. The van der Waals surface area contributed by atoms with Gasteiger partial charge in [-0.15, -0.1) is 12.4 Å². The van der Waals surface area contributed by atoms with Crippen LogP contribution in [0.5, 0.6) is 0 Å². The molecular formula is C13H16ClN3O. The van der Waals surface area contributed by atoms with Crippen molar-refractivity contribution in [3.63, 3.8) is 0 Å². The third-order valence-corrected chi connectivity index (χ3v) is 3.39. The van der Waals surface area contributed by atoms with E-state index in [1.807, 2.05) is 30.3 Å². The van der Waals surface area contributed by atoms with Gasteiger partial charge in [-0.05, 0) is 25.0 Å². The molecule has 0 unspecified atom stereocenters. The maximum absolute atomic E-state index is 6.29. The molecule has 0 bridgehead atoms. The number of aromatic nitrogens is 2. The summed E-state index contributed by atoms with van der Waals surface area (Å²) >= 11 is 0. The maximum atomic E-state index is 6.29. The smallest absolute Gasteiger partial charge is 0.257 e. The summed E-state index contributed by atoms with van der Waals surface area (Å²) in [6.45, 7) is 0. The molecule has 2 N–H and O–H groups in total. The first-order valence-electron chi connectivity index (χ1n) is 5.96. The molecule has 1 heterocycles. The van der Waals surface area contributed by atoms with Crippen LogP contribution in [-0.2, 0) is 5.54 Å². The zero-order chi connectivity index (χ0) is 11.7. The summed E-state index contributed by atoms with van der Waals surface area (Å²) < 4.78 is 5.29. The molecule has 2 aromatic rings. The lowest BCUT2D eigenvalue weighted by atomic mass is 9.99. The van der Waals surface area contributed by atoms with Crippen LogP contribution in [0.1, 0.15) is 31.5 Å². The van der Waals surface area contributed by atoms with Crippen molar-refractivity contribution in [3.05, 3.63) is 36.2 Å². The molecule has 5 heteroatoms. The van der Waals surface area contributed by atoms with Crippen molar-refractivity contribution in [2.24, 2.45) is 5.73 Å². The highest BCUT2D eigenvalue weighted by atomic mass is 35.5. The van der Waals surface area contributed by atoms with Crippen LogP contribution in [0.25, 0.3) is 11.5 Å². The van der Waals surface area contributed by atoms with Crippen LogP contribution in [-0.4, -0.2) is 10.1 Å². The van der Waals surface area contributed by atoms with Gasteiger partial charge in [0.05, 0.1) is 5.54 Å². The molecule has 1 aliphatic carbocycles. The monoisotopic (exact) mass is 265 g/mol. The maximum Gasteiger partial charge on any atom is 0.257 e. The van der Waals surface area contributed by atoms with Crippen LogP contribution >= 0.6 is 12.4 Å². The first-order chi connectivity index (χ1) is 8.28. The second kappa shape index (κ2) is 5.08. The number of nitrogens with zero attached hydrogens (tertiary/aromatic N) is 2. The van der Waals surface area contributed by atoms with Gasteiger partial charge in [0.2, 0.25) is 0 Å². The number of nitrogens with two attached hydrogens (primary N) is 1. The summed E-state index contributed by atoms with van der Waals surface area (Å²) in [6, 6.07) is 9.77. The van der Waals surface area contributed by atoms with Crippen LogP contribution in [0.4, 0.5) is 0 Å². The van der Waals surface area contributed by atoms with E-state index in [9.17, 15) is 0 Å². The Morgan fingerprint density at radius 1 is 1.11 bits per heavy atom. The van der Waals surface area contributed by atoms with Gasteiger partial charge in [0.1, 0.15) is 0 Å². The topological polar surface area (TPSA) is 64.9 Å². The van der Waals surface area contributed by atoms with Crippen molar-refractivity contribution < 1.29 is 4.52 Å². The highest BCUT2D eigenvalue weighted by molar-refractivity contribution is 5.85. The van der Waals surface area contributed by atoms with E-state index in [4.69, 9.17) is 10.3 Å². The summed E-state index contributed by atoms with van der Waals surface area (Å²) in [4.78, 5) is 4.43. The highest BCUT2D eigenvalue weighted by Gasteiger charge is 2.35. The van der Waals surface area contributed by atoms with Gasteiger partial charge in [-0.2, -0.15) is 4.98 Å². The molecule has 1 fully saturated rings. The average Bonchev–Trinajstić information content (AvgIpc) is 2.99.